The summed E-state index contributed by atoms with van der Waals surface area (Å²) in [6.07, 6.45) is 0.365. The monoisotopic (exact) mass is 516 g/mol. The molecule has 13 heteroatoms. The molecule has 0 saturated carbocycles. The fraction of sp³-hybridized carbons (Fsp3) is 0.783. The van der Waals surface area contributed by atoms with Crippen molar-refractivity contribution in [3.05, 3.63) is 0 Å². The molecule has 0 radical (unpaired) electrons. The van der Waals surface area contributed by atoms with Crippen LogP contribution >= 0.6 is 0 Å². The van der Waals surface area contributed by atoms with Gasteiger partial charge in [-0.05, 0) is 51.0 Å². The standard InChI is InChI=1S/C23H44N6O7/c1-12(2)10-16(21(33)29-19(14(5)30)23(35)36)27-17(31)11-26-20(32)15(8-6-7-9-24)28-22(34)18(25)13(3)4/h12-16,18-19,30H,6-11,24-25H2,1-5H3,(H,26,32)(H,27,31)(H,28,34)(H,29,33)(H,35,36)/t14-,15+,16+,18+,19+/m1/s1. The van der Waals surface area contributed by atoms with Crippen LogP contribution in [0.15, 0.2) is 0 Å². The third-order valence-corrected chi connectivity index (χ3v) is 5.43. The summed E-state index contributed by atoms with van der Waals surface area (Å²) in [4.78, 5) is 61.5. The van der Waals surface area contributed by atoms with Crippen molar-refractivity contribution in [3.8, 4) is 0 Å². The molecule has 0 rings (SSSR count). The van der Waals surface area contributed by atoms with Gasteiger partial charge < -0.3 is 42.9 Å². The molecule has 0 bridgehead atoms. The minimum absolute atomic E-state index is 0.0298. The molecule has 0 saturated heterocycles. The highest BCUT2D eigenvalue weighted by molar-refractivity contribution is 5.94. The Morgan fingerprint density at radius 3 is 1.92 bits per heavy atom. The van der Waals surface area contributed by atoms with Crippen molar-refractivity contribution in [3.63, 3.8) is 0 Å². The van der Waals surface area contributed by atoms with Gasteiger partial charge in [-0.1, -0.05) is 27.7 Å². The van der Waals surface area contributed by atoms with Gasteiger partial charge >= 0.3 is 5.97 Å². The van der Waals surface area contributed by atoms with E-state index in [0.717, 1.165) is 0 Å². The Bertz CT molecular complexity index is 744. The van der Waals surface area contributed by atoms with Gasteiger partial charge in [-0.25, -0.2) is 4.79 Å². The summed E-state index contributed by atoms with van der Waals surface area (Å²) >= 11 is 0. The number of carbonyl (C=O) groups excluding carboxylic acids is 4. The van der Waals surface area contributed by atoms with Gasteiger partial charge in [0.15, 0.2) is 6.04 Å². The first-order valence-electron chi connectivity index (χ1n) is 12.3. The van der Waals surface area contributed by atoms with Gasteiger partial charge in [0.2, 0.25) is 23.6 Å². The first kappa shape index (κ1) is 33.2. The normalized spacial score (nSPS) is 15.4. The van der Waals surface area contributed by atoms with Crippen molar-refractivity contribution in [1.82, 2.24) is 21.3 Å². The lowest BCUT2D eigenvalue weighted by Crippen LogP contribution is -2.57. The zero-order chi connectivity index (χ0) is 28.0. The molecule has 0 aromatic rings. The molecule has 0 heterocycles. The summed E-state index contributed by atoms with van der Waals surface area (Å²) in [6.45, 7) is 8.36. The average molecular weight is 517 g/mol. The van der Waals surface area contributed by atoms with Crippen molar-refractivity contribution in [2.45, 2.75) is 90.6 Å². The maximum Gasteiger partial charge on any atom is 0.328 e. The summed E-state index contributed by atoms with van der Waals surface area (Å²) in [5.74, 6) is -4.11. The molecular formula is C23H44N6O7. The molecule has 0 aliphatic rings. The molecule has 10 N–H and O–H groups in total. The average Bonchev–Trinajstić information content (AvgIpc) is 2.78. The number of unbranched alkanes of at least 4 members (excludes halogenated alkanes) is 1. The predicted molar refractivity (Wildman–Crippen MR) is 133 cm³/mol. The number of nitrogens with two attached hydrogens (primary N) is 2. The zero-order valence-electron chi connectivity index (χ0n) is 21.9. The highest BCUT2D eigenvalue weighted by Crippen LogP contribution is 2.07. The molecule has 5 atom stereocenters. The van der Waals surface area contributed by atoms with Gasteiger partial charge in [-0.2, -0.15) is 0 Å². The molecule has 0 unspecified atom stereocenters. The predicted octanol–water partition coefficient (Wildman–Crippen LogP) is -1.82. The van der Waals surface area contributed by atoms with Crippen LogP contribution in [0.2, 0.25) is 0 Å². The fourth-order valence-electron chi connectivity index (χ4n) is 3.21. The van der Waals surface area contributed by atoms with E-state index in [1.54, 1.807) is 13.8 Å². The summed E-state index contributed by atoms with van der Waals surface area (Å²) < 4.78 is 0. The van der Waals surface area contributed by atoms with Crippen molar-refractivity contribution in [1.29, 1.82) is 0 Å². The van der Waals surface area contributed by atoms with Crippen LogP contribution in [-0.4, -0.2) is 83.2 Å². The first-order valence-corrected chi connectivity index (χ1v) is 12.3. The number of carboxylic acid groups (broad SMARTS) is 1. The lowest BCUT2D eigenvalue weighted by atomic mass is 10.0. The SMILES string of the molecule is CC(C)C[C@H](NC(=O)CNC(=O)[C@H](CCCCN)NC(=O)[C@@H](N)C(C)C)C(=O)N[C@H](C(=O)O)[C@@H](C)O. The molecule has 0 aliphatic carbocycles. The lowest BCUT2D eigenvalue weighted by Gasteiger charge is -2.24. The van der Waals surface area contributed by atoms with Crippen molar-refractivity contribution < 1.29 is 34.2 Å². The number of aliphatic hydroxyl groups excluding tert-OH is 1. The molecule has 4 amide bonds. The maximum absolute atomic E-state index is 12.7. The summed E-state index contributed by atoms with van der Waals surface area (Å²) in [6, 6.07) is -4.35. The zero-order valence-corrected chi connectivity index (χ0v) is 21.9. The largest absolute Gasteiger partial charge is 0.480 e. The molecule has 0 aromatic heterocycles. The van der Waals surface area contributed by atoms with Crippen LogP contribution in [0.4, 0.5) is 0 Å². The second kappa shape index (κ2) is 16.8. The second-order valence-corrected chi connectivity index (χ2v) is 9.65. The molecular weight excluding hydrogens is 472 g/mol. The minimum atomic E-state index is -1.54. The number of hydrogen-bond donors (Lipinski definition) is 8. The van der Waals surface area contributed by atoms with Crippen LogP contribution in [0.3, 0.4) is 0 Å². The van der Waals surface area contributed by atoms with E-state index in [1.807, 2.05) is 13.8 Å². The number of carboxylic acids is 1. The van der Waals surface area contributed by atoms with Gasteiger partial charge in [-0.3, -0.25) is 19.2 Å². The van der Waals surface area contributed by atoms with Crippen molar-refractivity contribution in [2.75, 3.05) is 13.1 Å². The van der Waals surface area contributed by atoms with Gasteiger partial charge in [0, 0.05) is 0 Å². The lowest BCUT2D eigenvalue weighted by molar-refractivity contribution is -0.145. The Balaban J connectivity index is 5.20. The quantitative estimate of drug-likeness (QED) is 0.102. The summed E-state index contributed by atoms with van der Waals surface area (Å²) in [7, 11) is 0. The highest BCUT2D eigenvalue weighted by atomic mass is 16.4. The third-order valence-electron chi connectivity index (χ3n) is 5.43. The minimum Gasteiger partial charge on any atom is -0.480 e. The Kier molecular flexibility index (Phi) is 15.5. The van der Waals surface area contributed by atoms with Gasteiger partial charge in [0.25, 0.3) is 0 Å². The van der Waals surface area contributed by atoms with E-state index in [9.17, 15) is 34.2 Å². The summed E-state index contributed by atoms with van der Waals surface area (Å²) in [5.41, 5.74) is 11.4. The molecule has 36 heavy (non-hydrogen) atoms. The van der Waals surface area contributed by atoms with Gasteiger partial charge in [0.05, 0.1) is 18.7 Å². The summed E-state index contributed by atoms with van der Waals surface area (Å²) in [5, 5.41) is 28.6. The number of amides is 4. The Morgan fingerprint density at radius 1 is 0.833 bits per heavy atom. The van der Waals surface area contributed by atoms with Crippen molar-refractivity contribution >= 4 is 29.6 Å². The molecule has 0 spiro atoms. The van der Waals surface area contributed by atoms with E-state index in [0.29, 0.717) is 25.8 Å². The molecule has 0 aromatic carbocycles. The van der Waals surface area contributed by atoms with E-state index < -0.39 is 66.4 Å². The Labute approximate surface area is 212 Å². The van der Waals surface area contributed by atoms with E-state index in [1.165, 1.54) is 6.92 Å². The van der Waals surface area contributed by atoms with E-state index >= 15 is 0 Å². The number of rotatable bonds is 17. The van der Waals surface area contributed by atoms with E-state index in [4.69, 9.17) is 11.5 Å². The Hall–Kier alpha value is -2.77. The van der Waals surface area contributed by atoms with Crippen LogP contribution < -0.4 is 32.7 Å². The third kappa shape index (κ3) is 12.8. The van der Waals surface area contributed by atoms with Crippen LogP contribution in [-0.2, 0) is 24.0 Å². The van der Waals surface area contributed by atoms with Crippen molar-refractivity contribution in [2.24, 2.45) is 23.3 Å². The Morgan fingerprint density at radius 2 is 1.44 bits per heavy atom. The molecule has 13 nitrogen and oxygen atoms in total. The maximum atomic E-state index is 12.7. The van der Waals surface area contributed by atoms with Crippen LogP contribution in [0.5, 0.6) is 0 Å². The number of carbonyl (C=O) groups is 5. The van der Waals surface area contributed by atoms with Crippen LogP contribution in [0.1, 0.15) is 60.3 Å². The number of nitrogens with one attached hydrogen (secondary N) is 4. The number of aliphatic carboxylic acids is 1. The highest BCUT2D eigenvalue weighted by Gasteiger charge is 2.30. The van der Waals surface area contributed by atoms with Gasteiger partial charge in [-0.15, -0.1) is 0 Å². The van der Waals surface area contributed by atoms with E-state index in [-0.39, 0.29) is 18.3 Å². The first-order chi connectivity index (χ1) is 16.7. The van der Waals surface area contributed by atoms with Gasteiger partial charge in [0.1, 0.15) is 12.1 Å². The number of aliphatic hydroxyl groups is 1. The van der Waals surface area contributed by atoms with E-state index in [2.05, 4.69) is 21.3 Å². The smallest absolute Gasteiger partial charge is 0.328 e. The molecule has 0 fully saturated rings. The number of hydrogen-bond acceptors (Lipinski definition) is 8. The molecule has 208 valence electrons. The van der Waals surface area contributed by atoms with Crippen LogP contribution in [0, 0.1) is 11.8 Å². The van der Waals surface area contributed by atoms with Crippen LogP contribution in [0.25, 0.3) is 0 Å². The fourth-order valence-corrected chi connectivity index (χ4v) is 3.21. The topological polar surface area (TPSA) is 226 Å². The molecule has 0 aliphatic heterocycles. The second-order valence-electron chi connectivity index (χ2n) is 9.65.